The van der Waals surface area contributed by atoms with Crippen LogP contribution in [0.2, 0.25) is 0 Å². The van der Waals surface area contributed by atoms with Gasteiger partial charge in [-0.05, 0) is 6.42 Å². The largest absolute Gasteiger partial charge is 0.364 e. The Morgan fingerprint density at radius 3 is 3.12 bits per heavy atom. The quantitative estimate of drug-likeness (QED) is 0.760. The molecule has 0 aliphatic rings. The lowest BCUT2D eigenvalue weighted by molar-refractivity contribution is 0.712. The molecule has 0 spiro atoms. The first-order chi connectivity index (χ1) is 7.85. The summed E-state index contributed by atoms with van der Waals surface area (Å²) >= 11 is 0. The van der Waals surface area contributed by atoms with E-state index in [1.807, 2.05) is 0 Å². The number of rotatable bonds is 4. The highest BCUT2D eigenvalue weighted by Gasteiger charge is 2.09. The number of imidazole rings is 1. The van der Waals surface area contributed by atoms with Gasteiger partial charge in [-0.1, -0.05) is 6.92 Å². The monoisotopic (exact) mass is 215 g/mol. The number of anilines is 1. The number of nitrogens with one attached hydrogen (secondary N) is 2. The number of fused-ring (bicyclic) bond motifs is 1. The van der Waals surface area contributed by atoms with Gasteiger partial charge < -0.3 is 10.3 Å². The predicted molar refractivity (Wildman–Crippen MR) is 62.8 cm³/mol. The van der Waals surface area contributed by atoms with E-state index in [-0.39, 0.29) is 6.04 Å². The van der Waals surface area contributed by atoms with Crippen LogP contribution in [0.3, 0.4) is 0 Å². The standard InChI is InChI=1S/C11H13N5/c1-3-5-8(4-2)16-11-9-10(13-6-12-9)14-7-15-11/h1,6-8H,4-5H2,2H3,(H2,12,13,14,15,16). The zero-order valence-corrected chi connectivity index (χ0v) is 9.07. The van der Waals surface area contributed by atoms with E-state index in [1.165, 1.54) is 6.33 Å². The van der Waals surface area contributed by atoms with Crippen molar-refractivity contribution in [2.45, 2.75) is 25.8 Å². The van der Waals surface area contributed by atoms with Crippen molar-refractivity contribution in [1.82, 2.24) is 19.9 Å². The molecule has 0 aromatic carbocycles. The number of terminal acetylenes is 1. The molecule has 0 radical (unpaired) electrons. The maximum atomic E-state index is 5.31. The van der Waals surface area contributed by atoms with Gasteiger partial charge in [-0.15, -0.1) is 12.3 Å². The molecule has 0 aliphatic carbocycles. The summed E-state index contributed by atoms with van der Waals surface area (Å²) in [5.41, 5.74) is 1.48. The Hall–Kier alpha value is -2.09. The Labute approximate surface area is 93.7 Å². The van der Waals surface area contributed by atoms with Gasteiger partial charge in [0.25, 0.3) is 0 Å². The first-order valence-corrected chi connectivity index (χ1v) is 5.19. The second-order valence-electron chi connectivity index (χ2n) is 3.48. The Morgan fingerprint density at radius 2 is 2.38 bits per heavy atom. The highest BCUT2D eigenvalue weighted by atomic mass is 15.1. The van der Waals surface area contributed by atoms with Gasteiger partial charge in [0.05, 0.1) is 6.33 Å². The third kappa shape index (κ3) is 1.96. The van der Waals surface area contributed by atoms with Crippen molar-refractivity contribution in [1.29, 1.82) is 0 Å². The molecule has 0 fully saturated rings. The fourth-order valence-corrected chi connectivity index (χ4v) is 1.51. The van der Waals surface area contributed by atoms with Crippen LogP contribution in [0.1, 0.15) is 19.8 Å². The highest BCUT2D eigenvalue weighted by Crippen LogP contribution is 2.16. The van der Waals surface area contributed by atoms with E-state index in [0.29, 0.717) is 12.1 Å². The molecule has 2 aromatic heterocycles. The van der Waals surface area contributed by atoms with Crippen molar-refractivity contribution in [3.8, 4) is 12.3 Å². The third-order valence-corrected chi connectivity index (χ3v) is 2.42. The van der Waals surface area contributed by atoms with Gasteiger partial charge in [-0.3, -0.25) is 0 Å². The molecule has 82 valence electrons. The summed E-state index contributed by atoms with van der Waals surface area (Å²) in [6, 6.07) is 0.228. The number of hydrogen-bond acceptors (Lipinski definition) is 4. The number of aromatic nitrogens is 4. The van der Waals surface area contributed by atoms with Crippen molar-refractivity contribution in [2.75, 3.05) is 5.32 Å². The first kappa shape index (κ1) is 10.4. The Balaban J connectivity index is 2.26. The third-order valence-electron chi connectivity index (χ3n) is 2.42. The van der Waals surface area contributed by atoms with Crippen LogP contribution < -0.4 is 5.32 Å². The number of nitrogens with zero attached hydrogens (tertiary/aromatic N) is 3. The summed E-state index contributed by atoms with van der Waals surface area (Å²) in [6.07, 6.45) is 10.0. The number of H-pyrrole nitrogens is 1. The first-order valence-electron chi connectivity index (χ1n) is 5.19. The van der Waals surface area contributed by atoms with E-state index >= 15 is 0 Å². The molecule has 0 amide bonds. The lowest BCUT2D eigenvalue weighted by Gasteiger charge is -2.14. The number of aromatic amines is 1. The molecule has 1 atom stereocenters. The summed E-state index contributed by atoms with van der Waals surface area (Å²) in [6.45, 7) is 2.08. The van der Waals surface area contributed by atoms with E-state index in [2.05, 4.69) is 38.1 Å². The summed E-state index contributed by atoms with van der Waals surface area (Å²) < 4.78 is 0. The fourth-order valence-electron chi connectivity index (χ4n) is 1.51. The van der Waals surface area contributed by atoms with Crippen LogP contribution in [0.4, 0.5) is 5.82 Å². The molecule has 5 nitrogen and oxygen atoms in total. The van der Waals surface area contributed by atoms with Crippen LogP contribution in [0.5, 0.6) is 0 Å². The summed E-state index contributed by atoms with van der Waals surface area (Å²) in [4.78, 5) is 15.3. The highest BCUT2D eigenvalue weighted by molar-refractivity contribution is 5.82. The molecule has 0 saturated carbocycles. The molecule has 2 aromatic rings. The van der Waals surface area contributed by atoms with Crippen molar-refractivity contribution in [3.63, 3.8) is 0 Å². The lowest BCUT2D eigenvalue weighted by atomic mass is 10.1. The van der Waals surface area contributed by atoms with Crippen molar-refractivity contribution < 1.29 is 0 Å². The summed E-state index contributed by atoms with van der Waals surface area (Å²) in [5, 5.41) is 3.29. The molecule has 2 rings (SSSR count). The van der Waals surface area contributed by atoms with E-state index in [0.717, 1.165) is 17.8 Å². The Kier molecular flexibility index (Phi) is 3.01. The van der Waals surface area contributed by atoms with E-state index in [4.69, 9.17) is 6.42 Å². The van der Waals surface area contributed by atoms with E-state index in [1.54, 1.807) is 6.33 Å². The molecule has 0 aliphatic heterocycles. The van der Waals surface area contributed by atoms with Crippen LogP contribution in [0.15, 0.2) is 12.7 Å². The van der Waals surface area contributed by atoms with Gasteiger partial charge in [0.2, 0.25) is 0 Å². The van der Waals surface area contributed by atoms with Gasteiger partial charge in [0.15, 0.2) is 11.5 Å². The SMILES string of the molecule is C#CCC(CC)Nc1ncnc2nc[nH]c12. The van der Waals surface area contributed by atoms with E-state index in [9.17, 15) is 0 Å². The van der Waals surface area contributed by atoms with Crippen molar-refractivity contribution in [3.05, 3.63) is 12.7 Å². The van der Waals surface area contributed by atoms with E-state index < -0.39 is 0 Å². The summed E-state index contributed by atoms with van der Waals surface area (Å²) in [5.74, 6) is 3.40. The van der Waals surface area contributed by atoms with Gasteiger partial charge in [-0.2, -0.15) is 0 Å². The average molecular weight is 215 g/mol. The number of hydrogen-bond donors (Lipinski definition) is 2. The van der Waals surface area contributed by atoms with Crippen LogP contribution in [-0.2, 0) is 0 Å². The molecular weight excluding hydrogens is 202 g/mol. The van der Waals surface area contributed by atoms with Crippen LogP contribution in [0.25, 0.3) is 11.2 Å². The molecule has 2 N–H and O–H groups in total. The normalized spacial score (nSPS) is 12.2. The van der Waals surface area contributed by atoms with Crippen LogP contribution in [0, 0.1) is 12.3 Å². The molecule has 0 saturated heterocycles. The van der Waals surface area contributed by atoms with Gasteiger partial charge >= 0.3 is 0 Å². The molecule has 2 heterocycles. The van der Waals surface area contributed by atoms with Gasteiger partial charge in [0, 0.05) is 12.5 Å². The molecule has 16 heavy (non-hydrogen) atoms. The Morgan fingerprint density at radius 1 is 1.50 bits per heavy atom. The van der Waals surface area contributed by atoms with Crippen molar-refractivity contribution in [2.24, 2.45) is 0 Å². The second-order valence-corrected chi connectivity index (χ2v) is 3.48. The molecule has 0 bridgehead atoms. The zero-order valence-electron chi connectivity index (χ0n) is 9.07. The van der Waals surface area contributed by atoms with Gasteiger partial charge in [-0.25, -0.2) is 15.0 Å². The second kappa shape index (κ2) is 4.62. The zero-order chi connectivity index (χ0) is 11.4. The van der Waals surface area contributed by atoms with Crippen LogP contribution in [-0.4, -0.2) is 26.0 Å². The fraction of sp³-hybridized carbons (Fsp3) is 0.364. The molecule has 5 heteroatoms. The van der Waals surface area contributed by atoms with Crippen LogP contribution >= 0.6 is 0 Å². The van der Waals surface area contributed by atoms with Gasteiger partial charge in [0.1, 0.15) is 11.8 Å². The average Bonchev–Trinajstić information content (AvgIpc) is 2.77. The minimum absolute atomic E-state index is 0.228. The molecular formula is C11H13N5. The minimum Gasteiger partial charge on any atom is -0.364 e. The summed E-state index contributed by atoms with van der Waals surface area (Å²) in [7, 11) is 0. The topological polar surface area (TPSA) is 66.5 Å². The maximum Gasteiger partial charge on any atom is 0.182 e. The van der Waals surface area contributed by atoms with Crippen molar-refractivity contribution >= 4 is 17.0 Å². The molecule has 1 unspecified atom stereocenters. The Bertz CT molecular complexity index is 510. The smallest absolute Gasteiger partial charge is 0.182 e. The minimum atomic E-state index is 0.228. The predicted octanol–water partition coefficient (Wildman–Crippen LogP) is 1.57. The lowest BCUT2D eigenvalue weighted by Crippen LogP contribution is -2.18. The maximum absolute atomic E-state index is 5.31.